The first-order valence-electron chi connectivity index (χ1n) is 4.65. The highest BCUT2D eigenvalue weighted by Crippen LogP contribution is 2.26. The summed E-state index contributed by atoms with van der Waals surface area (Å²) in [6, 6.07) is 3.27. The normalized spacial score (nSPS) is 19.5. The number of benzene rings is 1. The number of halogens is 1. The molecule has 1 aliphatic heterocycles. The van der Waals surface area contributed by atoms with Gasteiger partial charge in [0.15, 0.2) is 0 Å². The van der Waals surface area contributed by atoms with Crippen LogP contribution in [0.5, 0.6) is 5.75 Å². The maximum atomic E-state index is 13.3. The number of methoxy groups -OCH3 is 1. The number of epoxide rings is 1. The van der Waals surface area contributed by atoms with E-state index in [4.69, 9.17) is 9.47 Å². The minimum Gasteiger partial charge on any atom is -0.496 e. The van der Waals surface area contributed by atoms with Gasteiger partial charge >= 0.3 is 0 Å². The van der Waals surface area contributed by atoms with Crippen LogP contribution in [0.1, 0.15) is 11.1 Å². The van der Waals surface area contributed by atoms with Crippen LogP contribution in [0.3, 0.4) is 0 Å². The van der Waals surface area contributed by atoms with Gasteiger partial charge in [0.25, 0.3) is 0 Å². The number of ether oxygens (including phenoxy) is 2. The molecule has 0 aliphatic carbocycles. The second-order valence-electron chi connectivity index (χ2n) is 3.57. The van der Waals surface area contributed by atoms with Crippen molar-refractivity contribution < 1.29 is 13.9 Å². The van der Waals surface area contributed by atoms with Crippen molar-refractivity contribution in [2.75, 3.05) is 13.7 Å². The zero-order chi connectivity index (χ0) is 10.1. The maximum absolute atomic E-state index is 13.3. The fraction of sp³-hybridized carbons (Fsp3) is 0.455. The molecule has 1 aromatic rings. The van der Waals surface area contributed by atoms with Gasteiger partial charge in [-0.1, -0.05) is 0 Å². The first kappa shape index (κ1) is 9.46. The Morgan fingerprint density at radius 1 is 1.57 bits per heavy atom. The molecule has 0 aromatic heterocycles. The molecular formula is C11H13FO2. The SMILES string of the molecule is COc1cc(C)c(F)cc1CC1CO1. The van der Waals surface area contributed by atoms with Crippen molar-refractivity contribution in [1.82, 2.24) is 0 Å². The van der Waals surface area contributed by atoms with Crippen LogP contribution in [0, 0.1) is 12.7 Å². The summed E-state index contributed by atoms with van der Waals surface area (Å²) in [7, 11) is 1.60. The Labute approximate surface area is 82.6 Å². The van der Waals surface area contributed by atoms with E-state index in [-0.39, 0.29) is 11.9 Å². The van der Waals surface area contributed by atoms with Gasteiger partial charge in [-0.3, -0.25) is 0 Å². The summed E-state index contributed by atoms with van der Waals surface area (Å²) in [6.07, 6.45) is 0.992. The number of rotatable bonds is 3. The van der Waals surface area contributed by atoms with Crippen molar-refractivity contribution >= 4 is 0 Å². The molecule has 0 spiro atoms. The molecule has 0 amide bonds. The van der Waals surface area contributed by atoms with Crippen LogP contribution in [0.15, 0.2) is 12.1 Å². The third kappa shape index (κ3) is 1.87. The Morgan fingerprint density at radius 2 is 2.29 bits per heavy atom. The molecule has 2 rings (SSSR count). The maximum Gasteiger partial charge on any atom is 0.126 e. The van der Waals surface area contributed by atoms with Gasteiger partial charge in [0.1, 0.15) is 11.6 Å². The van der Waals surface area contributed by atoms with Gasteiger partial charge in [-0.15, -0.1) is 0 Å². The van der Waals surface area contributed by atoms with Crippen LogP contribution in [-0.2, 0) is 11.2 Å². The largest absolute Gasteiger partial charge is 0.496 e. The van der Waals surface area contributed by atoms with Crippen molar-refractivity contribution in [3.8, 4) is 5.75 Å². The highest BCUT2D eigenvalue weighted by atomic mass is 19.1. The van der Waals surface area contributed by atoms with Crippen molar-refractivity contribution in [3.05, 3.63) is 29.1 Å². The second-order valence-corrected chi connectivity index (χ2v) is 3.57. The lowest BCUT2D eigenvalue weighted by molar-refractivity contribution is 0.389. The van der Waals surface area contributed by atoms with Crippen LogP contribution in [0.2, 0.25) is 0 Å². The summed E-state index contributed by atoms with van der Waals surface area (Å²) in [4.78, 5) is 0. The molecule has 1 aromatic carbocycles. The summed E-state index contributed by atoms with van der Waals surface area (Å²) in [6.45, 7) is 2.51. The lowest BCUT2D eigenvalue weighted by Crippen LogP contribution is -1.99. The van der Waals surface area contributed by atoms with E-state index >= 15 is 0 Å². The summed E-state index contributed by atoms with van der Waals surface area (Å²) < 4.78 is 23.6. The predicted octanol–water partition coefficient (Wildman–Crippen LogP) is 2.08. The highest BCUT2D eigenvalue weighted by molar-refractivity contribution is 5.38. The number of aryl methyl sites for hydroxylation is 1. The van der Waals surface area contributed by atoms with Crippen molar-refractivity contribution in [2.24, 2.45) is 0 Å². The first-order valence-corrected chi connectivity index (χ1v) is 4.65. The molecule has 1 fully saturated rings. The molecule has 0 radical (unpaired) electrons. The van der Waals surface area contributed by atoms with Crippen molar-refractivity contribution in [2.45, 2.75) is 19.4 Å². The lowest BCUT2D eigenvalue weighted by Gasteiger charge is -2.08. The Hall–Kier alpha value is -1.09. The third-order valence-corrected chi connectivity index (χ3v) is 2.41. The van der Waals surface area contributed by atoms with Crippen LogP contribution in [0.25, 0.3) is 0 Å². The second kappa shape index (κ2) is 3.58. The number of hydrogen-bond donors (Lipinski definition) is 0. The first-order chi connectivity index (χ1) is 6.70. The average molecular weight is 196 g/mol. The molecule has 0 N–H and O–H groups in total. The average Bonchev–Trinajstić information content (AvgIpc) is 2.95. The molecule has 0 bridgehead atoms. The van der Waals surface area contributed by atoms with Gasteiger partial charge in [-0.25, -0.2) is 4.39 Å². The van der Waals surface area contributed by atoms with E-state index in [9.17, 15) is 4.39 Å². The van der Waals surface area contributed by atoms with Crippen molar-refractivity contribution in [3.63, 3.8) is 0 Å². The zero-order valence-corrected chi connectivity index (χ0v) is 8.34. The smallest absolute Gasteiger partial charge is 0.126 e. The predicted molar refractivity (Wildman–Crippen MR) is 51.1 cm³/mol. The summed E-state index contributed by atoms with van der Waals surface area (Å²) in [5.41, 5.74) is 1.50. The molecule has 1 saturated heterocycles. The summed E-state index contributed by atoms with van der Waals surface area (Å²) in [5, 5.41) is 0. The van der Waals surface area contributed by atoms with E-state index in [0.717, 1.165) is 24.3 Å². The molecule has 1 unspecified atom stereocenters. The van der Waals surface area contributed by atoms with Gasteiger partial charge in [0.2, 0.25) is 0 Å². The Balaban J connectivity index is 2.29. The van der Waals surface area contributed by atoms with Gasteiger partial charge in [-0.2, -0.15) is 0 Å². The quantitative estimate of drug-likeness (QED) is 0.690. The minimum atomic E-state index is -0.179. The van der Waals surface area contributed by atoms with Crippen LogP contribution >= 0.6 is 0 Å². The minimum absolute atomic E-state index is 0.179. The number of hydrogen-bond acceptors (Lipinski definition) is 2. The summed E-state index contributed by atoms with van der Waals surface area (Å²) >= 11 is 0. The van der Waals surface area contributed by atoms with Crippen LogP contribution in [-0.4, -0.2) is 19.8 Å². The summed E-state index contributed by atoms with van der Waals surface area (Å²) in [5.74, 6) is 0.570. The highest BCUT2D eigenvalue weighted by Gasteiger charge is 2.24. The molecule has 2 nitrogen and oxygen atoms in total. The van der Waals surface area contributed by atoms with E-state index in [1.54, 1.807) is 20.1 Å². The van der Waals surface area contributed by atoms with Crippen molar-refractivity contribution in [1.29, 1.82) is 0 Å². The van der Waals surface area contributed by atoms with E-state index < -0.39 is 0 Å². The standard InChI is InChI=1S/C11H13FO2/c1-7-3-11(13-2)8(5-10(7)12)4-9-6-14-9/h3,5,9H,4,6H2,1-2H3. The molecule has 1 atom stereocenters. The van der Waals surface area contributed by atoms with Gasteiger partial charge in [0.05, 0.1) is 19.8 Å². The van der Waals surface area contributed by atoms with Crippen LogP contribution < -0.4 is 4.74 Å². The van der Waals surface area contributed by atoms with Gasteiger partial charge in [-0.05, 0) is 30.2 Å². The van der Waals surface area contributed by atoms with Gasteiger partial charge in [0, 0.05) is 6.42 Å². The molecule has 3 heteroatoms. The van der Waals surface area contributed by atoms with E-state index in [1.807, 2.05) is 0 Å². The molecule has 14 heavy (non-hydrogen) atoms. The Morgan fingerprint density at radius 3 is 2.86 bits per heavy atom. The Kier molecular flexibility index (Phi) is 2.42. The molecule has 76 valence electrons. The third-order valence-electron chi connectivity index (χ3n) is 2.41. The van der Waals surface area contributed by atoms with Crippen LogP contribution in [0.4, 0.5) is 4.39 Å². The monoisotopic (exact) mass is 196 g/mol. The fourth-order valence-corrected chi connectivity index (χ4v) is 1.48. The Bertz CT molecular complexity index is 345. The molecule has 1 heterocycles. The molecule has 0 saturated carbocycles. The lowest BCUT2D eigenvalue weighted by atomic mass is 10.1. The van der Waals surface area contributed by atoms with E-state index in [1.165, 1.54) is 6.07 Å². The topological polar surface area (TPSA) is 21.8 Å². The molecular weight excluding hydrogens is 183 g/mol. The van der Waals surface area contributed by atoms with E-state index in [2.05, 4.69) is 0 Å². The zero-order valence-electron chi connectivity index (χ0n) is 8.34. The van der Waals surface area contributed by atoms with E-state index in [0.29, 0.717) is 5.56 Å². The fourth-order valence-electron chi connectivity index (χ4n) is 1.48. The van der Waals surface area contributed by atoms with Gasteiger partial charge < -0.3 is 9.47 Å². The molecule has 1 aliphatic rings.